The summed E-state index contributed by atoms with van der Waals surface area (Å²) in [5.74, 6) is 0.773. The molecular formula is C18H24N6O. The highest BCUT2D eigenvalue weighted by molar-refractivity contribution is 5.89. The van der Waals surface area contributed by atoms with Gasteiger partial charge in [-0.25, -0.2) is 4.99 Å². The molecule has 3 aliphatic rings. The van der Waals surface area contributed by atoms with Crippen molar-refractivity contribution in [1.29, 1.82) is 0 Å². The van der Waals surface area contributed by atoms with Gasteiger partial charge in [-0.05, 0) is 25.9 Å². The van der Waals surface area contributed by atoms with Crippen molar-refractivity contribution in [2.45, 2.75) is 19.3 Å². The van der Waals surface area contributed by atoms with Gasteiger partial charge in [-0.1, -0.05) is 6.42 Å². The minimum Gasteiger partial charge on any atom is -0.494 e. The Labute approximate surface area is 148 Å². The molecule has 0 spiro atoms. The van der Waals surface area contributed by atoms with Crippen molar-refractivity contribution in [3.63, 3.8) is 0 Å². The summed E-state index contributed by atoms with van der Waals surface area (Å²) >= 11 is 0. The van der Waals surface area contributed by atoms with E-state index in [1.165, 1.54) is 32.4 Å². The molecule has 0 amide bonds. The number of hydrazine groups is 1. The van der Waals surface area contributed by atoms with Crippen LogP contribution in [0.4, 0.5) is 5.69 Å². The molecule has 0 saturated carbocycles. The number of hydrogen-bond donors (Lipinski definition) is 1. The summed E-state index contributed by atoms with van der Waals surface area (Å²) in [7, 11) is 1.67. The molecule has 7 heteroatoms. The van der Waals surface area contributed by atoms with Crippen molar-refractivity contribution < 1.29 is 4.74 Å². The maximum atomic E-state index is 5.47. The fourth-order valence-electron chi connectivity index (χ4n) is 3.51. The van der Waals surface area contributed by atoms with Gasteiger partial charge in [-0.3, -0.25) is 14.9 Å². The maximum Gasteiger partial charge on any atom is 0.146 e. The van der Waals surface area contributed by atoms with Gasteiger partial charge in [0, 0.05) is 25.0 Å². The van der Waals surface area contributed by atoms with Crippen LogP contribution >= 0.6 is 0 Å². The molecule has 1 saturated heterocycles. The number of aliphatic imine (C=N–C) groups is 1. The van der Waals surface area contributed by atoms with Gasteiger partial charge in [0.2, 0.25) is 0 Å². The topological polar surface area (TPSA) is 56.2 Å². The number of likely N-dealkylation sites (tertiary alicyclic amines) is 1. The van der Waals surface area contributed by atoms with Gasteiger partial charge < -0.3 is 15.1 Å². The average Bonchev–Trinajstić information content (AvgIpc) is 3.10. The van der Waals surface area contributed by atoms with Crippen molar-refractivity contribution in [2.75, 3.05) is 38.2 Å². The second kappa shape index (κ2) is 7.14. The standard InChI is InChI=1S/C18H24N6O/c1-25-18-5-6-19-12-17(18)23-14-20-11-16-15(23)13-21-24(16)10-9-22-7-3-2-4-8-22/h5-6,11-14,21H,2-4,7-10H2,1H3. The smallest absolute Gasteiger partial charge is 0.146 e. The highest BCUT2D eigenvalue weighted by Gasteiger charge is 2.28. The molecule has 0 unspecified atom stereocenters. The molecule has 7 nitrogen and oxygen atoms in total. The predicted octanol–water partition coefficient (Wildman–Crippen LogP) is 1.93. The number of pyridine rings is 1. The lowest BCUT2D eigenvalue weighted by Gasteiger charge is -2.31. The van der Waals surface area contributed by atoms with E-state index in [2.05, 4.69) is 25.3 Å². The molecule has 4 rings (SSSR count). The Morgan fingerprint density at radius 3 is 2.88 bits per heavy atom. The zero-order valence-corrected chi connectivity index (χ0v) is 14.6. The number of fused-ring (bicyclic) bond motifs is 1. The van der Waals surface area contributed by atoms with E-state index in [4.69, 9.17) is 4.74 Å². The molecule has 0 radical (unpaired) electrons. The molecule has 0 aliphatic carbocycles. The molecule has 4 heterocycles. The van der Waals surface area contributed by atoms with Gasteiger partial charge in [0.1, 0.15) is 17.1 Å². The van der Waals surface area contributed by atoms with E-state index in [1.807, 2.05) is 23.4 Å². The highest BCUT2D eigenvalue weighted by atomic mass is 16.5. The van der Waals surface area contributed by atoms with Gasteiger partial charge in [0.05, 0.1) is 38.1 Å². The van der Waals surface area contributed by atoms with Crippen molar-refractivity contribution in [3.8, 4) is 5.75 Å². The molecule has 3 aliphatic heterocycles. The summed E-state index contributed by atoms with van der Waals surface area (Å²) in [5, 5.41) is 2.16. The van der Waals surface area contributed by atoms with E-state index in [-0.39, 0.29) is 0 Å². The number of aromatic nitrogens is 1. The van der Waals surface area contributed by atoms with Crippen LogP contribution in [0.1, 0.15) is 19.3 Å². The summed E-state index contributed by atoms with van der Waals surface area (Å²) in [5.41, 5.74) is 6.38. The SMILES string of the molecule is COc1ccncc1N1C=NC=C2C1=CNN2CCN1CCCCC1. The largest absolute Gasteiger partial charge is 0.494 e. The van der Waals surface area contributed by atoms with Gasteiger partial charge >= 0.3 is 0 Å². The van der Waals surface area contributed by atoms with Gasteiger partial charge in [0.25, 0.3) is 0 Å². The Hall–Kier alpha value is -2.54. The van der Waals surface area contributed by atoms with Crippen LogP contribution in [-0.2, 0) is 0 Å². The lowest BCUT2D eigenvalue weighted by molar-refractivity contribution is 0.190. The second-order valence-corrected chi connectivity index (χ2v) is 6.41. The minimum atomic E-state index is 0.773. The zero-order chi connectivity index (χ0) is 17.1. The van der Waals surface area contributed by atoms with Crippen molar-refractivity contribution in [1.82, 2.24) is 20.3 Å². The maximum absolute atomic E-state index is 5.47. The Kier molecular flexibility index (Phi) is 4.56. The van der Waals surface area contributed by atoms with Gasteiger partial charge in [-0.2, -0.15) is 0 Å². The van der Waals surface area contributed by atoms with Crippen LogP contribution in [0.2, 0.25) is 0 Å². The van der Waals surface area contributed by atoms with Crippen LogP contribution in [0.25, 0.3) is 0 Å². The number of anilines is 1. The summed E-state index contributed by atoms with van der Waals surface area (Å²) in [4.78, 5) is 13.2. The third-order valence-corrected chi connectivity index (χ3v) is 4.88. The first-order valence-corrected chi connectivity index (χ1v) is 8.84. The number of methoxy groups -OCH3 is 1. The van der Waals surface area contributed by atoms with E-state index in [0.29, 0.717) is 0 Å². The van der Waals surface area contributed by atoms with Crippen LogP contribution in [0, 0.1) is 0 Å². The van der Waals surface area contributed by atoms with E-state index >= 15 is 0 Å². The van der Waals surface area contributed by atoms with Crippen LogP contribution in [0.3, 0.4) is 0 Å². The number of hydrogen-bond acceptors (Lipinski definition) is 7. The lowest BCUT2D eigenvalue weighted by atomic mass is 10.1. The van der Waals surface area contributed by atoms with Crippen LogP contribution in [0.5, 0.6) is 5.75 Å². The molecule has 132 valence electrons. The Balaban J connectivity index is 1.46. The summed E-state index contributed by atoms with van der Waals surface area (Å²) in [6.45, 7) is 4.42. The first-order chi connectivity index (χ1) is 12.4. The van der Waals surface area contributed by atoms with E-state index in [1.54, 1.807) is 25.8 Å². The monoisotopic (exact) mass is 340 g/mol. The average molecular weight is 340 g/mol. The molecule has 0 atom stereocenters. The van der Waals surface area contributed by atoms with E-state index < -0.39 is 0 Å². The quantitative estimate of drug-likeness (QED) is 0.884. The number of ether oxygens (including phenoxy) is 1. The van der Waals surface area contributed by atoms with E-state index in [9.17, 15) is 0 Å². The number of rotatable bonds is 5. The molecule has 25 heavy (non-hydrogen) atoms. The summed E-state index contributed by atoms with van der Waals surface area (Å²) in [6, 6.07) is 1.86. The highest BCUT2D eigenvalue weighted by Crippen LogP contribution is 2.34. The number of nitrogens with one attached hydrogen (secondary N) is 1. The molecule has 0 bridgehead atoms. The molecule has 1 fully saturated rings. The van der Waals surface area contributed by atoms with Crippen molar-refractivity contribution >= 4 is 12.0 Å². The number of nitrogens with zero attached hydrogens (tertiary/aromatic N) is 5. The Morgan fingerprint density at radius 1 is 1.16 bits per heavy atom. The van der Waals surface area contributed by atoms with Gasteiger partial charge in [-0.15, -0.1) is 0 Å². The fraction of sp³-hybridized carbons (Fsp3) is 0.444. The van der Waals surface area contributed by atoms with Crippen LogP contribution in [0.15, 0.2) is 47.2 Å². The van der Waals surface area contributed by atoms with Crippen molar-refractivity contribution in [3.05, 3.63) is 42.3 Å². The zero-order valence-electron chi connectivity index (χ0n) is 14.6. The first-order valence-electron chi connectivity index (χ1n) is 8.84. The predicted molar refractivity (Wildman–Crippen MR) is 98.1 cm³/mol. The first kappa shape index (κ1) is 16.0. The van der Waals surface area contributed by atoms with Crippen LogP contribution in [-0.4, -0.2) is 54.5 Å². The number of piperidine rings is 1. The molecule has 0 aromatic carbocycles. The van der Waals surface area contributed by atoms with Gasteiger partial charge in [0.15, 0.2) is 0 Å². The van der Waals surface area contributed by atoms with E-state index in [0.717, 1.165) is 35.9 Å². The molecule has 1 N–H and O–H groups in total. The van der Waals surface area contributed by atoms with Crippen molar-refractivity contribution in [2.24, 2.45) is 4.99 Å². The summed E-state index contributed by atoms with van der Waals surface area (Å²) < 4.78 is 5.47. The fourth-order valence-corrected chi connectivity index (χ4v) is 3.51. The van der Waals surface area contributed by atoms with Crippen LogP contribution < -0.4 is 15.1 Å². The second-order valence-electron chi connectivity index (χ2n) is 6.41. The molecule has 1 aromatic heterocycles. The summed E-state index contributed by atoms with van der Waals surface area (Å²) in [6.07, 6.45) is 13.2. The Morgan fingerprint density at radius 2 is 2.04 bits per heavy atom. The Bertz CT molecular complexity index is 707. The third-order valence-electron chi connectivity index (χ3n) is 4.88. The minimum absolute atomic E-state index is 0.773. The normalized spacial score (nSPS) is 20.0. The third kappa shape index (κ3) is 3.19. The molecule has 1 aromatic rings. The lowest BCUT2D eigenvalue weighted by Crippen LogP contribution is -2.40. The molecular weight excluding hydrogens is 316 g/mol.